The van der Waals surface area contributed by atoms with Crippen LogP contribution in [0.4, 0.5) is 0 Å². The molecule has 1 saturated carbocycles. The number of aromatic nitrogens is 3. The third kappa shape index (κ3) is 2.45. The standard InChI is InChI=1S/C16H23N3O2/c1-10-13(12-8-6-4-3-5-7-9-12)18-19-14(10)17-15(20)11(2)16(19)21/h12,21H,3-9H2,1-2H3,(H,17,20). The molecule has 0 bridgehead atoms. The summed E-state index contributed by atoms with van der Waals surface area (Å²) >= 11 is 0. The van der Waals surface area contributed by atoms with Gasteiger partial charge in [-0.3, -0.25) is 4.79 Å². The van der Waals surface area contributed by atoms with Crippen LogP contribution in [0, 0.1) is 13.8 Å². The smallest absolute Gasteiger partial charge is 0.257 e. The number of nitrogens with one attached hydrogen (secondary N) is 1. The van der Waals surface area contributed by atoms with E-state index in [-0.39, 0.29) is 11.4 Å². The second kappa shape index (κ2) is 5.54. The minimum absolute atomic E-state index is 0.0473. The zero-order valence-corrected chi connectivity index (χ0v) is 12.8. The van der Waals surface area contributed by atoms with Crippen LogP contribution in [0.3, 0.4) is 0 Å². The van der Waals surface area contributed by atoms with E-state index >= 15 is 0 Å². The maximum absolute atomic E-state index is 11.8. The molecule has 21 heavy (non-hydrogen) atoms. The van der Waals surface area contributed by atoms with E-state index in [0.29, 0.717) is 17.1 Å². The van der Waals surface area contributed by atoms with Gasteiger partial charge >= 0.3 is 0 Å². The molecule has 114 valence electrons. The molecule has 2 aromatic heterocycles. The van der Waals surface area contributed by atoms with Crippen molar-refractivity contribution in [3.05, 3.63) is 27.2 Å². The van der Waals surface area contributed by atoms with E-state index in [0.717, 1.165) is 24.1 Å². The summed E-state index contributed by atoms with van der Waals surface area (Å²) in [5.41, 5.74) is 2.73. The van der Waals surface area contributed by atoms with Crippen LogP contribution in [0.5, 0.6) is 5.88 Å². The highest BCUT2D eigenvalue weighted by Gasteiger charge is 2.22. The predicted molar refractivity (Wildman–Crippen MR) is 82.0 cm³/mol. The Labute approximate surface area is 124 Å². The lowest BCUT2D eigenvalue weighted by Crippen LogP contribution is -2.12. The number of hydrogen-bond donors (Lipinski definition) is 2. The highest BCUT2D eigenvalue weighted by molar-refractivity contribution is 5.52. The lowest BCUT2D eigenvalue weighted by molar-refractivity contribution is 0.422. The molecule has 2 aromatic rings. The summed E-state index contributed by atoms with van der Waals surface area (Å²) in [6.07, 6.45) is 8.70. The second-order valence-corrected chi connectivity index (χ2v) is 6.22. The molecule has 0 atom stereocenters. The number of nitrogens with zero attached hydrogens (tertiary/aromatic N) is 2. The first-order valence-electron chi connectivity index (χ1n) is 7.90. The molecule has 1 fully saturated rings. The molecule has 0 aliphatic heterocycles. The van der Waals surface area contributed by atoms with Crippen LogP contribution in [0.1, 0.15) is 67.7 Å². The number of rotatable bonds is 1. The first kappa shape index (κ1) is 14.2. The average molecular weight is 289 g/mol. The van der Waals surface area contributed by atoms with Crippen molar-refractivity contribution in [2.24, 2.45) is 0 Å². The molecule has 0 amide bonds. The molecule has 0 spiro atoms. The van der Waals surface area contributed by atoms with Gasteiger partial charge < -0.3 is 10.1 Å². The molecule has 5 heteroatoms. The first-order chi connectivity index (χ1) is 10.1. The summed E-state index contributed by atoms with van der Waals surface area (Å²) in [6.45, 7) is 3.60. The SMILES string of the molecule is Cc1c(O)n2nc(C3CCCCCCC3)c(C)c2[nH]c1=O. The molecule has 0 unspecified atom stereocenters. The maximum Gasteiger partial charge on any atom is 0.257 e. The fraction of sp³-hybridized carbons (Fsp3) is 0.625. The summed E-state index contributed by atoms with van der Waals surface area (Å²) < 4.78 is 1.49. The summed E-state index contributed by atoms with van der Waals surface area (Å²) in [5.74, 6) is 0.391. The van der Waals surface area contributed by atoms with Crippen molar-refractivity contribution < 1.29 is 5.11 Å². The normalized spacial score (nSPS) is 17.8. The van der Waals surface area contributed by atoms with Crippen LogP contribution in [0.15, 0.2) is 4.79 Å². The second-order valence-electron chi connectivity index (χ2n) is 6.22. The highest BCUT2D eigenvalue weighted by atomic mass is 16.3. The minimum Gasteiger partial charge on any atom is -0.493 e. The molecule has 2 heterocycles. The fourth-order valence-electron chi connectivity index (χ4n) is 3.39. The van der Waals surface area contributed by atoms with Crippen LogP contribution < -0.4 is 5.56 Å². The Kier molecular flexibility index (Phi) is 3.74. The molecule has 0 aromatic carbocycles. The highest BCUT2D eigenvalue weighted by Crippen LogP contribution is 2.33. The number of fused-ring (bicyclic) bond motifs is 1. The Bertz CT molecular complexity index is 706. The number of H-pyrrole nitrogens is 1. The van der Waals surface area contributed by atoms with E-state index in [1.54, 1.807) is 6.92 Å². The topological polar surface area (TPSA) is 70.4 Å². The van der Waals surface area contributed by atoms with Crippen molar-refractivity contribution in [1.29, 1.82) is 0 Å². The van der Waals surface area contributed by atoms with Crippen LogP contribution in [0.25, 0.3) is 5.65 Å². The van der Waals surface area contributed by atoms with Crippen molar-refractivity contribution in [1.82, 2.24) is 14.6 Å². The van der Waals surface area contributed by atoms with Gasteiger partial charge in [0, 0.05) is 11.5 Å². The summed E-state index contributed by atoms with van der Waals surface area (Å²) in [5, 5.41) is 14.8. The number of aromatic amines is 1. The van der Waals surface area contributed by atoms with Crippen LogP contribution in [0.2, 0.25) is 0 Å². The van der Waals surface area contributed by atoms with Gasteiger partial charge in [0.15, 0.2) is 0 Å². The van der Waals surface area contributed by atoms with Gasteiger partial charge in [0.1, 0.15) is 5.65 Å². The van der Waals surface area contributed by atoms with E-state index in [9.17, 15) is 9.90 Å². The fourth-order valence-corrected chi connectivity index (χ4v) is 3.39. The number of hydrogen-bond acceptors (Lipinski definition) is 3. The summed E-state index contributed by atoms with van der Waals surface area (Å²) in [6, 6.07) is 0. The number of aromatic hydroxyl groups is 1. The van der Waals surface area contributed by atoms with Gasteiger partial charge in [0.2, 0.25) is 5.88 Å². The largest absolute Gasteiger partial charge is 0.493 e. The van der Waals surface area contributed by atoms with Gasteiger partial charge in [-0.1, -0.05) is 32.1 Å². The van der Waals surface area contributed by atoms with Crippen molar-refractivity contribution in [2.45, 2.75) is 64.7 Å². The van der Waals surface area contributed by atoms with Crippen LogP contribution in [-0.4, -0.2) is 19.7 Å². The predicted octanol–water partition coefficient (Wildman–Crippen LogP) is 3.17. The molecule has 0 radical (unpaired) electrons. The van der Waals surface area contributed by atoms with E-state index in [4.69, 9.17) is 0 Å². The van der Waals surface area contributed by atoms with Gasteiger partial charge in [-0.15, -0.1) is 0 Å². The van der Waals surface area contributed by atoms with Crippen molar-refractivity contribution in [3.63, 3.8) is 0 Å². The maximum atomic E-state index is 11.8. The molecule has 5 nitrogen and oxygen atoms in total. The third-order valence-electron chi connectivity index (χ3n) is 4.76. The van der Waals surface area contributed by atoms with Crippen molar-refractivity contribution in [2.75, 3.05) is 0 Å². The van der Waals surface area contributed by atoms with E-state index < -0.39 is 0 Å². The third-order valence-corrected chi connectivity index (χ3v) is 4.76. The van der Waals surface area contributed by atoms with Gasteiger partial charge in [-0.25, -0.2) is 0 Å². The number of aryl methyl sites for hydroxylation is 1. The first-order valence-corrected chi connectivity index (χ1v) is 7.90. The Hall–Kier alpha value is -1.78. The van der Waals surface area contributed by atoms with Gasteiger partial charge in [-0.05, 0) is 26.7 Å². The van der Waals surface area contributed by atoms with Crippen LogP contribution >= 0.6 is 0 Å². The molecule has 1 aliphatic rings. The van der Waals surface area contributed by atoms with Gasteiger partial charge in [0.25, 0.3) is 5.56 Å². The minimum atomic E-state index is -0.243. The molecule has 2 N–H and O–H groups in total. The summed E-state index contributed by atoms with van der Waals surface area (Å²) in [4.78, 5) is 14.7. The monoisotopic (exact) mass is 289 g/mol. The molecular formula is C16H23N3O2. The van der Waals surface area contributed by atoms with Crippen molar-refractivity contribution in [3.8, 4) is 5.88 Å². The average Bonchev–Trinajstić information content (AvgIpc) is 2.74. The Morgan fingerprint density at radius 2 is 1.71 bits per heavy atom. The van der Waals surface area contributed by atoms with Crippen LogP contribution in [-0.2, 0) is 0 Å². The lowest BCUT2D eigenvalue weighted by atomic mass is 9.87. The van der Waals surface area contributed by atoms with Gasteiger partial charge in [-0.2, -0.15) is 9.61 Å². The Morgan fingerprint density at radius 1 is 1.10 bits per heavy atom. The molecular weight excluding hydrogens is 266 g/mol. The molecule has 3 rings (SSSR count). The quantitative estimate of drug-likeness (QED) is 0.847. The van der Waals surface area contributed by atoms with E-state index in [1.165, 1.54) is 36.6 Å². The summed E-state index contributed by atoms with van der Waals surface area (Å²) in [7, 11) is 0. The van der Waals surface area contributed by atoms with E-state index in [1.807, 2.05) is 6.92 Å². The lowest BCUT2D eigenvalue weighted by Gasteiger charge is -2.18. The van der Waals surface area contributed by atoms with E-state index in [2.05, 4.69) is 10.1 Å². The zero-order chi connectivity index (χ0) is 15.0. The molecule has 1 aliphatic carbocycles. The Morgan fingerprint density at radius 3 is 2.38 bits per heavy atom. The van der Waals surface area contributed by atoms with Gasteiger partial charge in [0.05, 0.1) is 11.3 Å². The molecule has 0 saturated heterocycles. The zero-order valence-electron chi connectivity index (χ0n) is 12.8. The Balaban J connectivity index is 2.08. The van der Waals surface area contributed by atoms with Crippen molar-refractivity contribution >= 4 is 5.65 Å².